The van der Waals surface area contributed by atoms with Crippen molar-refractivity contribution < 1.29 is 5.11 Å². The maximum atomic E-state index is 10.2. The number of hydrogen-bond donors (Lipinski definition) is 1. The van der Waals surface area contributed by atoms with E-state index < -0.39 is 5.60 Å². The number of aryl methyl sites for hydroxylation is 1. The zero-order valence-electron chi connectivity index (χ0n) is 7.95. The van der Waals surface area contributed by atoms with Crippen LogP contribution in [0.3, 0.4) is 0 Å². The molecule has 1 heterocycles. The van der Waals surface area contributed by atoms with Crippen LogP contribution in [0.2, 0.25) is 0 Å². The SMILES string of the molecule is Cc1ccc(C2(O)CCCC2)cn1. The van der Waals surface area contributed by atoms with Gasteiger partial charge >= 0.3 is 0 Å². The molecule has 2 heteroatoms. The summed E-state index contributed by atoms with van der Waals surface area (Å²) < 4.78 is 0. The fourth-order valence-electron chi connectivity index (χ4n) is 1.99. The lowest BCUT2D eigenvalue weighted by Gasteiger charge is -2.21. The Hall–Kier alpha value is -0.890. The van der Waals surface area contributed by atoms with Gasteiger partial charge in [0.2, 0.25) is 0 Å². The quantitative estimate of drug-likeness (QED) is 0.713. The van der Waals surface area contributed by atoms with E-state index in [1.54, 1.807) is 6.20 Å². The molecule has 1 N–H and O–H groups in total. The van der Waals surface area contributed by atoms with Crippen LogP contribution in [0, 0.1) is 6.92 Å². The normalized spacial score (nSPS) is 20.5. The summed E-state index contributed by atoms with van der Waals surface area (Å²) in [6.07, 6.45) is 5.84. The summed E-state index contributed by atoms with van der Waals surface area (Å²) in [5.74, 6) is 0. The van der Waals surface area contributed by atoms with Crippen LogP contribution in [0.15, 0.2) is 18.3 Å². The topological polar surface area (TPSA) is 33.1 Å². The molecule has 2 rings (SSSR count). The molecule has 0 saturated heterocycles. The van der Waals surface area contributed by atoms with Crippen molar-refractivity contribution in [3.63, 3.8) is 0 Å². The van der Waals surface area contributed by atoms with Gasteiger partial charge in [0.05, 0.1) is 5.60 Å². The molecule has 1 saturated carbocycles. The maximum Gasteiger partial charge on any atom is 0.0911 e. The van der Waals surface area contributed by atoms with Gasteiger partial charge in [0.15, 0.2) is 0 Å². The van der Waals surface area contributed by atoms with Gasteiger partial charge in [-0.3, -0.25) is 4.98 Å². The summed E-state index contributed by atoms with van der Waals surface area (Å²) in [6.45, 7) is 1.96. The van der Waals surface area contributed by atoms with Crippen LogP contribution < -0.4 is 0 Å². The fourth-order valence-corrected chi connectivity index (χ4v) is 1.99. The molecule has 1 aromatic heterocycles. The van der Waals surface area contributed by atoms with Crippen molar-refractivity contribution >= 4 is 0 Å². The average Bonchev–Trinajstić information content (AvgIpc) is 2.54. The van der Waals surface area contributed by atoms with Crippen molar-refractivity contribution in [3.8, 4) is 0 Å². The zero-order valence-corrected chi connectivity index (χ0v) is 7.95. The summed E-state index contributed by atoms with van der Waals surface area (Å²) >= 11 is 0. The van der Waals surface area contributed by atoms with E-state index >= 15 is 0 Å². The monoisotopic (exact) mass is 177 g/mol. The van der Waals surface area contributed by atoms with Gasteiger partial charge in [0, 0.05) is 17.5 Å². The molecule has 1 aliphatic carbocycles. The first-order valence-electron chi connectivity index (χ1n) is 4.86. The Morgan fingerprint density at radius 2 is 2.00 bits per heavy atom. The fraction of sp³-hybridized carbons (Fsp3) is 0.545. The molecule has 0 aliphatic heterocycles. The van der Waals surface area contributed by atoms with Crippen molar-refractivity contribution in [1.82, 2.24) is 4.98 Å². The highest BCUT2D eigenvalue weighted by atomic mass is 16.3. The minimum absolute atomic E-state index is 0.583. The Bertz CT molecular complexity index is 285. The van der Waals surface area contributed by atoms with E-state index in [0.29, 0.717) is 0 Å². The van der Waals surface area contributed by atoms with Gasteiger partial charge in [-0.1, -0.05) is 18.9 Å². The first-order chi connectivity index (χ1) is 6.21. The highest BCUT2D eigenvalue weighted by Crippen LogP contribution is 2.37. The lowest BCUT2D eigenvalue weighted by molar-refractivity contribution is 0.0441. The third kappa shape index (κ3) is 1.59. The predicted molar refractivity (Wildman–Crippen MR) is 51.3 cm³/mol. The first kappa shape index (κ1) is 8.70. The second-order valence-corrected chi connectivity index (χ2v) is 3.93. The van der Waals surface area contributed by atoms with Gasteiger partial charge in [-0.15, -0.1) is 0 Å². The highest BCUT2D eigenvalue weighted by Gasteiger charge is 2.32. The summed E-state index contributed by atoms with van der Waals surface area (Å²) in [5, 5.41) is 10.2. The summed E-state index contributed by atoms with van der Waals surface area (Å²) in [6, 6.07) is 3.96. The van der Waals surface area contributed by atoms with Gasteiger partial charge in [-0.25, -0.2) is 0 Å². The molecule has 0 radical (unpaired) electrons. The third-order valence-electron chi connectivity index (χ3n) is 2.88. The van der Waals surface area contributed by atoms with Crippen molar-refractivity contribution in [2.75, 3.05) is 0 Å². The summed E-state index contributed by atoms with van der Waals surface area (Å²) in [7, 11) is 0. The van der Waals surface area contributed by atoms with Crippen molar-refractivity contribution in [2.24, 2.45) is 0 Å². The maximum absolute atomic E-state index is 10.2. The second-order valence-electron chi connectivity index (χ2n) is 3.93. The molecule has 2 nitrogen and oxygen atoms in total. The highest BCUT2D eigenvalue weighted by molar-refractivity contribution is 5.21. The summed E-state index contributed by atoms with van der Waals surface area (Å²) in [5.41, 5.74) is 1.40. The molecule has 0 unspecified atom stereocenters. The van der Waals surface area contributed by atoms with Crippen LogP contribution in [0.25, 0.3) is 0 Å². The first-order valence-corrected chi connectivity index (χ1v) is 4.86. The zero-order chi connectivity index (χ0) is 9.31. The number of nitrogens with zero attached hydrogens (tertiary/aromatic N) is 1. The van der Waals surface area contributed by atoms with E-state index in [1.807, 2.05) is 19.1 Å². The van der Waals surface area contributed by atoms with Gasteiger partial charge < -0.3 is 5.11 Å². The molecule has 1 aromatic rings. The molecule has 0 amide bonds. The largest absolute Gasteiger partial charge is 0.385 e. The van der Waals surface area contributed by atoms with Crippen molar-refractivity contribution in [1.29, 1.82) is 0 Å². The molecule has 0 atom stereocenters. The van der Waals surface area contributed by atoms with E-state index in [9.17, 15) is 5.11 Å². The smallest absolute Gasteiger partial charge is 0.0911 e. The molecular weight excluding hydrogens is 162 g/mol. The molecular formula is C11H15NO. The molecule has 0 aromatic carbocycles. The van der Waals surface area contributed by atoms with Gasteiger partial charge in [0.1, 0.15) is 0 Å². The predicted octanol–water partition coefficient (Wildman–Crippen LogP) is 2.15. The van der Waals surface area contributed by atoms with Gasteiger partial charge in [-0.2, -0.15) is 0 Å². The molecule has 0 bridgehead atoms. The van der Waals surface area contributed by atoms with E-state index in [-0.39, 0.29) is 0 Å². The number of hydrogen-bond acceptors (Lipinski definition) is 2. The van der Waals surface area contributed by atoms with Crippen LogP contribution in [-0.2, 0) is 5.60 Å². The Morgan fingerprint density at radius 3 is 2.54 bits per heavy atom. The minimum Gasteiger partial charge on any atom is -0.385 e. The Labute approximate surface area is 78.6 Å². The van der Waals surface area contributed by atoms with Crippen LogP contribution in [0.4, 0.5) is 0 Å². The van der Waals surface area contributed by atoms with Crippen LogP contribution >= 0.6 is 0 Å². The Kier molecular flexibility index (Phi) is 2.08. The second kappa shape index (κ2) is 3.11. The van der Waals surface area contributed by atoms with E-state index in [0.717, 1.165) is 36.9 Å². The van der Waals surface area contributed by atoms with Crippen molar-refractivity contribution in [3.05, 3.63) is 29.6 Å². The molecule has 0 spiro atoms. The lowest BCUT2D eigenvalue weighted by Crippen LogP contribution is -2.20. The standard InChI is InChI=1S/C11H15NO/c1-9-4-5-10(8-12-9)11(13)6-2-3-7-11/h4-5,8,13H,2-3,6-7H2,1H3. The van der Waals surface area contributed by atoms with Crippen LogP contribution in [0.5, 0.6) is 0 Å². The number of aromatic nitrogens is 1. The number of aliphatic hydroxyl groups is 1. The van der Waals surface area contributed by atoms with Crippen LogP contribution in [0.1, 0.15) is 36.9 Å². The number of rotatable bonds is 1. The Balaban J connectivity index is 2.29. The molecule has 1 fully saturated rings. The van der Waals surface area contributed by atoms with Gasteiger partial charge in [0.25, 0.3) is 0 Å². The molecule has 1 aliphatic rings. The van der Waals surface area contributed by atoms with Gasteiger partial charge in [-0.05, 0) is 25.8 Å². The van der Waals surface area contributed by atoms with E-state index in [2.05, 4.69) is 4.98 Å². The summed E-state index contributed by atoms with van der Waals surface area (Å²) in [4.78, 5) is 4.21. The average molecular weight is 177 g/mol. The van der Waals surface area contributed by atoms with Crippen LogP contribution in [-0.4, -0.2) is 10.1 Å². The lowest BCUT2D eigenvalue weighted by atomic mass is 9.94. The number of pyridine rings is 1. The van der Waals surface area contributed by atoms with E-state index in [4.69, 9.17) is 0 Å². The van der Waals surface area contributed by atoms with E-state index in [1.165, 1.54) is 0 Å². The molecule has 13 heavy (non-hydrogen) atoms. The minimum atomic E-state index is -0.583. The third-order valence-corrected chi connectivity index (χ3v) is 2.88. The molecule has 70 valence electrons. The Morgan fingerprint density at radius 1 is 1.31 bits per heavy atom. The van der Waals surface area contributed by atoms with Crippen molar-refractivity contribution in [2.45, 2.75) is 38.2 Å².